The summed E-state index contributed by atoms with van der Waals surface area (Å²) >= 11 is 5.49. The summed E-state index contributed by atoms with van der Waals surface area (Å²) in [5, 5.41) is 3.90. The Balaban J connectivity index is 1.57. The monoisotopic (exact) mass is 298 g/mol. The molecule has 6 heteroatoms. The quantitative estimate of drug-likeness (QED) is 0.737. The fourth-order valence-electron chi connectivity index (χ4n) is 2.65. The molecule has 0 saturated heterocycles. The number of fused-ring (bicyclic) bond motifs is 3. The van der Waals surface area contributed by atoms with E-state index in [1.54, 1.807) is 6.26 Å². The molecule has 1 aromatic carbocycles. The Morgan fingerprint density at radius 1 is 1.24 bits per heavy atom. The fourth-order valence-corrected chi connectivity index (χ4v) is 2.90. The summed E-state index contributed by atoms with van der Waals surface area (Å²) in [6.45, 7) is 2.33. The molecule has 3 aromatic rings. The third-order valence-corrected chi connectivity index (χ3v) is 4.03. The third kappa shape index (κ3) is 2.08. The number of nitrogens with one attached hydrogen (secondary N) is 1. The van der Waals surface area contributed by atoms with E-state index in [1.807, 2.05) is 35.2 Å². The predicted octanol–water partition coefficient (Wildman–Crippen LogP) is 2.52. The Bertz CT molecular complexity index is 793. The van der Waals surface area contributed by atoms with Crippen LogP contribution >= 0.6 is 12.2 Å². The minimum Gasteiger partial charge on any atom is -0.467 e. The highest BCUT2D eigenvalue weighted by Crippen LogP contribution is 2.27. The van der Waals surface area contributed by atoms with Gasteiger partial charge in [0.15, 0.2) is 5.11 Å². The number of thiocarbonyl (C=S) groups is 1. The van der Waals surface area contributed by atoms with Crippen LogP contribution in [0.4, 0.5) is 5.95 Å². The van der Waals surface area contributed by atoms with Crippen molar-refractivity contribution in [2.24, 2.45) is 0 Å². The number of furan rings is 1. The van der Waals surface area contributed by atoms with Crippen molar-refractivity contribution in [2.75, 3.05) is 11.4 Å². The lowest BCUT2D eigenvalue weighted by molar-refractivity contribution is 0.503. The number of hydrogen-bond acceptors (Lipinski definition) is 3. The number of imidazole rings is 1. The number of benzene rings is 1. The van der Waals surface area contributed by atoms with Crippen LogP contribution in [0.25, 0.3) is 11.0 Å². The molecule has 4 rings (SSSR count). The molecule has 1 N–H and O–H groups in total. The zero-order valence-corrected chi connectivity index (χ0v) is 12.1. The van der Waals surface area contributed by atoms with Crippen LogP contribution in [0.3, 0.4) is 0 Å². The maximum absolute atomic E-state index is 5.49. The summed E-state index contributed by atoms with van der Waals surface area (Å²) in [5.41, 5.74) is 2.16. The Labute approximate surface area is 127 Å². The molecule has 0 fully saturated rings. The molecule has 0 amide bonds. The summed E-state index contributed by atoms with van der Waals surface area (Å²) in [5.74, 6) is 1.78. The van der Waals surface area contributed by atoms with Crippen LogP contribution in [0.2, 0.25) is 0 Å². The van der Waals surface area contributed by atoms with Gasteiger partial charge in [-0.25, -0.2) is 4.98 Å². The highest BCUT2D eigenvalue weighted by Gasteiger charge is 2.26. The second-order valence-electron chi connectivity index (χ2n) is 4.94. The number of nitrogens with zero attached hydrogens (tertiary/aromatic N) is 3. The van der Waals surface area contributed by atoms with Crippen molar-refractivity contribution in [1.82, 2.24) is 14.9 Å². The summed E-state index contributed by atoms with van der Waals surface area (Å²) < 4.78 is 7.51. The average molecular weight is 298 g/mol. The number of aromatic nitrogens is 2. The minimum absolute atomic E-state index is 0.586. The van der Waals surface area contributed by atoms with Crippen molar-refractivity contribution < 1.29 is 4.42 Å². The first-order chi connectivity index (χ1) is 10.3. The van der Waals surface area contributed by atoms with Gasteiger partial charge in [0.25, 0.3) is 0 Å². The predicted molar refractivity (Wildman–Crippen MR) is 85.2 cm³/mol. The van der Waals surface area contributed by atoms with Crippen LogP contribution in [0.15, 0.2) is 47.1 Å². The lowest BCUT2D eigenvalue weighted by Gasteiger charge is -2.17. The molecule has 0 aliphatic carbocycles. The first-order valence-corrected chi connectivity index (χ1v) is 7.27. The van der Waals surface area contributed by atoms with E-state index < -0.39 is 0 Å². The van der Waals surface area contributed by atoms with Crippen molar-refractivity contribution in [1.29, 1.82) is 0 Å². The zero-order chi connectivity index (χ0) is 14.2. The lowest BCUT2D eigenvalue weighted by Crippen LogP contribution is -2.38. The highest BCUT2D eigenvalue weighted by molar-refractivity contribution is 7.80. The number of anilines is 1. The van der Waals surface area contributed by atoms with Gasteiger partial charge in [0.1, 0.15) is 5.76 Å². The van der Waals surface area contributed by atoms with E-state index in [9.17, 15) is 0 Å². The summed E-state index contributed by atoms with van der Waals surface area (Å²) in [6.07, 6.45) is 1.66. The van der Waals surface area contributed by atoms with Crippen LogP contribution in [0, 0.1) is 0 Å². The van der Waals surface area contributed by atoms with Gasteiger partial charge in [-0.3, -0.25) is 4.90 Å². The Morgan fingerprint density at radius 2 is 2.14 bits per heavy atom. The molecule has 1 aliphatic heterocycles. The van der Waals surface area contributed by atoms with Gasteiger partial charge in [-0.15, -0.1) is 0 Å². The van der Waals surface area contributed by atoms with Gasteiger partial charge in [-0.05, 0) is 36.5 Å². The van der Waals surface area contributed by atoms with Crippen molar-refractivity contribution in [3.8, 4) is 0 Å². The zero-order valence-electron chi connectivity index (χ0n) is 11.3. The van der Waals surface area contributed by atoms with Crippen molar-refractivity contribution in [3.63, 3.8) is 0 Å². The van der Waals surface area contributed by atoms with E-state index in [0.29, 0.717) is 11.7 Å². The second-order valence-corrected chi connectivity index (χ2v) is 5.33. The van der Waals surface area contributed by atoms with Gasteiger partial charge >= 0.3 is 0 Å². The molecule has 0 bridgehead atoms. The van der Waals surface area contributed by atoms with Crippen LogP contribution in [-0.2, 0) is 13.1 Å². The summed E-state index contributed by atoms with van der Waals surface area (Å²) in [6, 6.07) is 12.0. The summed E-state index contributed by atoms with van der Waals surface area (Å²) in [4.78, 5) is 6.72. The first kappa shape index (κ1) is 12.4. The second kappa shape index (κ2) is 4.89. The highest BCUT2D eigenvalue weighted by atomic mass is 32.1. The average Bonchev–Trinajstić information content (AvgIpc) is 3.20. The molecule has 0 spiro atoms. The summed E-state index contributed by atoms with van der Waals surface area (Å²) in [7, 11) is 0. The third-order valence-electron chi connectivity index (χ3n) is 3.66. The normalized spacial score (nSPS) is 13.6. The number of hydrogen-bond donors (Lipinski definition) is 1. The molecular weight excluding hydrogens is 284 g/mol. The van der Waals surface area contributed by atoms with E-state index in [4.69, 9.17) is 16.6 Å². The molecule has 21 heavy (non-hydrogen) atoms. The molecular formula is C15H14N4OS. The van der Waals surface area contributed by atoms with Gasteiger partial charge in [-0.2, -0.15) is 0 Å². The van der Waals surface area contributed by atoms with Gasteiger partial charge in [0.2, 0.25) is 5.95 Å². The standard InChI is InChI=1S/C15H14N4OS/c21-15(16-10-11-4-3-9-20-11)19-8-7-18-13-6-2-1-5-12(13)17-14(18)19/h1-6,9H,7-8,10H2,(H,16,21). The van der Waals surface area contributed by atoms with Gasteiger partial charge in [0.05, 0.1) is 23.8 Å². The maximum Gasteiger partial charge on any atom is 0.213 e. The van der Waals surface area contributed by atoms with Crippen LogP contribution < -0.4 is 10.2 Å². The molecule has 106 valence electrons. The van der Waals surface area contributed by atoms with E-state index in [0.717, 1.165) is 35.8 Å². The largest absolute Gasteiger partial charge is 0.467 e. The van der Waals surface area contributed by atoms with Crippen LogP contribution in [0.1, 0.15) is 5.76 Å². The van der Waals surface area contributed by atoms with E-state index in [-0.39, 0.29) is 0 Å². The number of rotatable bonds is 2. The molecule has 0 saturated carbocycles. The van der Waals surface area contributed by atoms with Gasteiger partial charge in [-0.1, -0.05) is 12.1 Å². The molecule has 0 radical (unpaired) electrons. The van der Waals surface area contributed by atoms with Crippen LogP contribution in [-0.4, -0.2) is 21.2 Å². The molecule has 3 heterocycles. The number of para-hydroxylation sites is 2. The smallest absolute Gasteiger partial charge is 0.213 e. The Kier molecular flexibility index (Phi) is 2.89. The molecule has 1 aliphatic rings. The van der Waals surface area contributed by atoms with Crippen LogP contribution in [0.5, 0.6) is 0 Å². The molecule has 5 nitrogen and oxygen atoms in total. The van der Waals surface area contributed by atoms with E-state index in [2.05, 4.69) is 20.9 Å². The minimum atomic E-state index is 0.586. The SMILES string of the molecule is S=C(NCc1ccco1)N1CCn2c1nc1ccccc12. The Hall–Kier alpha value is -2.34. The first-order valence-electron chi connectivity index (χ1n) is 6.86. The van der Waals surface area contributed by atoms with E-state index in [1.165, 1.54) is 0 Å². The van der Waals surface area contributed by atoms with Crippen molar-refractivity contribution in [3.05, 3.63) is 48.4 Å². The van der Waals surface area contributed by atoms with Crippen molar-refractivity contribution in [2.45, 2.75) is 13.1 Å². The molecule has 2 aromatic heterocycles. The maximum atomic E-state index is 5.49. The molecule has 0 unspecified atom stereocenters. The fraction of sp³-hybridized carbons (Fsp3) is 0.200. The lowest BCUT2D eigenvalue weighted by atomic mass is 10.3. The van der Waals surface area contributed by atoms with Crippen molar-refractivity contribution >= 4 is 34.3 Å². The van der Waals surface area contributed by atoms with E-state index >= 15 is 0 Å². The molecule has 0 atom stereocenters. The topological polar surface area (TPSA) is 46.2 Å². The van der Waals surface area contributed by atoms with Gasteiger partial charge < -0.3 is 14.3 Å². The Morgan fingerprint density at radius 3 is 3.00 bits per heavy atom. The van der Waals surface area contributed by atoms with Gasteiger partial charge in [0, 0.05) is 13.1 Å².